The van der Waals surface area contributed by atoms with Crippen LogP contribution in [0.4, 0.5) is 17.1 Å². The normalized spacial score (nSPS) is 14.7. The molecule has 8 aromatic carbocycles. The van der Waals surface area contributed by atoms with Crippen molar-refractivity contribution in [2.24, 2.45) is 0 Å². The average Bonchev–Trinajstić information content (AvgIpc) is 2.84. The van der Waals surface area contributed by atoms with Crippen molar-refractivity contribution in [3.05, 3.63) is 214 Å². The number of hydrogen-bond acceptors (Lipinski definition) is 4. The van der Waals surface area contributed by atoms with Crippen molar-refractivity contribution in [3.8, 4) is 34.1 Å². The Morgan fingerprint density at radius 2 is 1.00 bits per heavy atom. The summed E-state index contributed by atoms with van der Waals surface area (Å²) in [6.45, 7) is 29.5. The molecule has 0 atom stereocenters. The molecule has 388 valence electrons. The zero-order valence-electron chi connectivity index (χ0n) is 47.5. The summed E-state index contributed by atoms with van der Waals surface area (Å²) in [5.74, 6) is 2.39. The number of nitrogens with zero attached hydrogens (tertiary/aromatic N) is 5. The molecule has 0 N–H and O–H groups in total. The van der Waals surface area contributed by atoms with Crippen molar-refractivity contribution in [2.45, 2.75) is 110 Å². The van der Waals surface area contributed by atoms with Crippen LogP contribution in [0.5, 0.6) is 11.5 Å². The van der Waals surface area contributed by atoms with Crippen LogP contribution in [-0.2, 0) is 27.1 Å². The Bertz CT molecular complexity index is 4200. The molecule has 1 aliphatic carbocycles. The minimum absolute atomic E-state index is 0.0727. The fraction of sp³-hybridized carbons (Fsp3) is 0.264. The van der Waals surface area contributed by atoms with E-state index in [1.807, 2.05) is 12.3 Å². The van der Waals surface area contributed by atoms with Gasteiger partial charge in [-0.3, -0.25) is 4.57 Å². The van der Waals surface area contributed by atoms with E-state index in [0.29, 0.717) is 6.67 Å². The minimum atomic E-state index is -0.666. The molecule has 78 heavy (non-hydrogen) atoms. The molecule has 3 aliphatic rings. The van der Waals surface area contributed by atoms with Crippen LogP contribution in [0.3, 0.4) is 0 Å². The third-order valence-corrected chi connectivity index (χ3v) is 17.5. The van der Waals surface area contributed by atoms with Gasteiger partial charge < -0.3 is 19.1 Å². The highest BCUT2D eigenvalue weighted by molar-refractivity contribution is 6.13. The molecule has 0 bridgehead atoms. The molecule has 0 radical (unpaired) electrons. The number of rotatable bonds is 4. The zero-order chi connectivity index (χ0) is 54.2. The van der Waals surface area contributed by atoms with E-state index in [0.717, 1.165) is 61.5 Å². The molecule has 14 rings (SSSR count). The second-order valence-electron chi connectivity index (χ2n) is 26.6. The van der Waals surface area contributed by atoms with Crippen molar-refractivity contribution >= 4 is 60.7 Å². The molecular weight excluding hydrogens is 951 g/mol. The molecule has 5 heterocycles. The fourth-order valence-corrected chi connectivity index (χ4v) is 13.8. The maximum atomic E-state index is 7.67. The van der Waals surface area contributed by atoms with Gasteiger partial charge in [0.25, 0.3) is 0 Å². The molecule has 11 aromatic rings. The monoisotopic (exact) mass is 1020 g/mol. The highest BCUT2D eigenvalue weighted by atomic mass is 16.5. The molecule has 1 spiro atoms. The van der Waals surface area contributed by atoms with Crippen molar-refractivity contribution < 1.29 is 4.74 Å². The maximum Gasteiger partial charge on any atom is 0.153 e. The van der Waals surface area contributed by atoms with Gasteiger partial charge in [0.2, 0.25) is 0 Å². The smallest absolute Gasteiger partial charge is 0.153 e. The van der Waals surface area contributed by atoms with Gasteiger partial charge in [-0.2, -0.15) is 0 Å². The zero-order valence-corrected chi connectivity index (χ0v) is 47.5. The molecule has 0 saturated heterocycles. The minimum Gasteiger partial charge on any atom is -0.455 e. The summed E-state index contributed by atoms with van der Waals surface area (Å²) in [6.07, 6.45) is 1.88. The van der Waals surface area contributed by atoms with Crippen LogP contribution < -0.4 is 14.5 Å². The Hall–Kier alpha value is -8.09. The molecule has 6 nitrogen and oxygen atoms in total. The van der Waals surface area contributed by atoms with Crippen LogP contribution in [0.2, 0.25) is 0 Å². The van der Waals surface area contributed by atoms with E-state index in [4.69, 9.17) is 9.72 Å². The SMILES string of the molecule is CN1CN2c3cc(Oc4cc5c(cc4-n4c6ccccc6c6ccccc64)c4ccccc4n5-c4ccccn4)ccc3C3(c4cccc1c42)c1c(cc(C(C)(C)C)cc1C(C)(C)C)-c1cc(C(C)(C)C)cc(C(C)(C)C)c13. The van der Waals surface area contributed by atoms with Crippen LogP contribution in [0.25, 0.3) is 66.2 Å². The summed E-state index contributed by atoms with van der Waals surface area (Å²) in [5.41, 5.74) is 21.5. The van der Waals surface area contributed by atoms with E-state index in [2.05, 4.69) is 267 Å². The van der Waals surface area contributed by atoms with Gasteiger partial charge in [-0.05, 0) is 126 Å². The first-order valence-electron chi connectivity index (χ1n) is 27.9. The Morgan fingerprint density at radius 3 is 1.55 bits per heavy atom. The van der Waals surface area contributed by atoms with E-state index in [-0.39, 0.29) is 21.7 Å². The summed E-state index contributed by atoms with van der Waals surface area (Å²) in [5, 5.41) is 4.69. The third kappa shape index (κ3) is 6.77. The molecule has 0 fully saturated rings. The highest BCUT2D eigenvalue weighted by Gasteiger charge is 2.57. The van der Waals surface area contributed by atoms with Crippen LogP contribution in [0.15, 0.2) is 170 Å². The second-order valence-corrected chi connectivity index (χ2v) is 26.6. The first-order chi connectivity index (χ1) is 37.1. The van der Waals surface area contributed by atoms with Crippen molar-refractivity contribution in [1.29, 1.82) is 0 Å². The summed E-state index contributed by atoms with van der Waals surface area (Å²) in [4.78, 5) is 9.94. The predicted molar refractivity (Wildman–Crippen MR) is 327 cm³/mol. The lowest BCUT2D eigenvalue weighted by molar-refractivity contribution is 0.480. The number of anilines is 3. The Balaban J connectivity index is 1.09. The first kappa shape index (κ1) is 48.3. The Morgan fingerprint density at radius 1 is 0.449 bits per heavy atom. The number of aromatic nitrogens is 3. The quantitative estimate of drug-likeness (QED) is 0.176. The molecule has 0 saturated carbocycles. The molecule has 6 heteroatoms. The van der Waals surface area contributed by atoms with Gasteiger partial charge in [-0.1, -0.05) is 186 Å². The fourth-order valence-electron chi connectivity index (χ4n) is 13.8. The van der Waals surface area contributed by atoms with Gasteiger partial charge in [-0.25, -0.2) is 4.98 Å². The van der Waals surface area contributed by atoms with Crippen LogP contribution in [0, 0.1) is 0 Å². The number of benzene rings is 8. The lowest BCUT2D eigenvalue weighted by Gasteiger charge is -2.46. The van der Waals surface area contributed by atoms with Crippen LogP contribution >= 0.6 is 0 Å². The average molecular weight is 1020 g/mol. The Kier molecular flexibility index (Phi) is 10.1. The molecular formula is C72H69N5O. The van der Waals surface area contributed by atoms with Crippen LogP contribution in [0.1, 0.15) is 128 Å². The predicted octanol–water partition coefficient (Wildman–Crippen LogP) is 18.5. The van der Waals surface area contributed by atoms with Gasteiger partial charge in [0, 0.05) is 46.9 Å². The number of para-hydroxylation sites is 4. The van der Waals surface area contributed by atoms with E-state index >= 15 is 0 Å². The van der Waals surface area contributed by atoms with Gasteiger partial charge in [0.1, 0.15) is 11.6 Å². The van der Waals surface area contributed by atoms with Crippen molar-refractivity contribution in [1.82, 2.24) is 14.1 Å². The number of ether oxygens (including phenoxy) is 1. The molecule has 2 aliphatic heterocycles. The van der Waals surface area contributed by atoms with Crippen LogP contribution in [-0.4, -0.2) is 27.8 Å². The summed E-state index contributed by atoms with van der Waals surface area (Å²) < 4.78 is 12.4. The van der Waals surface area contributed by atoms with Crippen molar-refractivity contribution in [3.63, 3.8) is 0 Å². The molecule has 0 amide bonds. The topological polar surface area (TPSA) is 38.5 Å². The maximum absolute atomic E-state index is 7.67. The third-order valence-electron chi connectivity index (χ3n) is 17.5. The Labute approximate surface area is 459 Å². The summed E-state index contributed by atoms with van der Waals surface area (Å²) in [6, 6.07) is 61.4. The second kappa shape index (κ2) is 16.2. The van der Waals surface area contributed by atoms with Gasteiger partial charge in [-0.15, -0.1) is 0 Å². The lowest BCUT2D eigenvalue weighted by Crippen LogP contribution is -2.40. The number of pyridine rings is 1. The number of fused-ring (bicyclic) bond motifs is 15. The molecule has 0 unspecified atom stereocenters. The summed E-state index contributed by atoms with van der Waals surface area (Å²) in [7, 11) is 2.25. The number of hydrogen-bond donors (Lipinski definition) is 0. The van der Waals surface area contributed by atoms with Gasteiger partial charge in [0.05, 0.1) is 56.9 Å². The molecule has 3 aromatic heterocycles. The standard InChI is InChI=1S/C72H69N5O/c1-68(2,3)43-35-50-51-36-44(69(4,5)6)38-55(71(10,11)12)66(51)72(65(50)54(37-43)70(7,8)9)52-33-32-45(39-61(52)75-42-74(13)59-30-22-26-53(72)67(59)75)78-63-41-60-49(48-25-16-19-29-58(48)77(60)64-31-20-21-34-73-64)40-62(63)76-56-27-17-14-23-46(56)47-24-15-18-28-57(47)76/h14-41H,42H2,1-13H3. The summed E-state index contributed by atoms with van der Waals surface area (Å²) >= 11 is 0. The first-order valence-corrected chi connectivity index (χ1v) is 27.9. The van der Waals surface area contributed by atoms with Gasteiger partial charge >= 0.3 is 0 Å². The van der Waals surface area contributed by atoms with Crippen molar-refractivity contribution in [2.75, 3.05) is 23.5 Å². The largest absolute Gasteiger partial charge is 0.455 e. The van der Waals surface area contributed by atoms with E-state index in [1.165, 1.54) is 77.8 Å². The van der Waals surface area contributed by atoms with E-state index in [1.54, 1.807) is 0 Å². The van der Waals surface area contributed by atoms with E-state index in [9.17, 15) is 0 Å². The van der Waals surface area contributed by atoms with Gasteiger partial charge in [0.15, 0.2) is 5.75 Å². The van der Waals surface area contributed by atoms with E-state index < -0.39 is 5.41 Å². The lowest BCUT2D eigenvalue weighted by atomic mass is 9.59. The highest BCUT2D eigenvalue weighted by Crippen LogP contribution is 2.68.